The van der Waals surface area contributed by atoms with Crippen LogP contribution in [0.2, 0.25) is 0 Å². The molecule has 2 aliphatic heterocycles. The van der Waals surface area contributed by atoms with E-state index in [2.05, 4.69) is 159 Å². The molecule has 1 aliphatic carbocycles. The van der Waals surface area contributed by atoms with Gasteiger partial charge in [0.1, 0.15) is 22.9 Å². The summed E-state index contributed by atoms with van der Waals surface area (Å²) in [6.07, 6.45) is 1.91. The number of benzene rings is 4. The van der Waals surface area contributed by atoms with Crippen LogP contribution >= 0.6 is 0 Å². The fraction of sp³-hybridized carbons (Fsp3) is 0.333. The van der Waals surface area contributed by atoms with Crippen LogP contribution in [-0.2, 0) is 47.6 Å². The number of ether oxygens (including phenoxy) is 2. The molecule has 6 heteroatoms. The van der Waals surface area contributed by atoms with Crippen LogP contribution in [0.4, 0.5) is 17.2 Å². The number of fused-ring (bicyclic) bond motifs is 5. The summed E-state index contributed by atoms with van der Waals surface area (Å²) in [5.41, 5.74) is 8.33. The van der Waals surface area contributed by atoms with Crippen LogP contribution in [0.3, 0.4) is 0 Å². The molecule has 5 aromatic rings. The molecule has 0 unspecified atom stereocenters. The van der Waals surface area contributed by atoms with Crippen LogP contribution in [0.15, 0.2) is 96.1 Å². The molecule has 0 bridgehead atoms. The molecule has 0 saturated carbocycles. The van der Waals surface area contributed by atoms with Crippen LogP contribution in [0, 0.1) is 19.1 Å². The summed E-state index contributed by atoms with van der Waals surface area (Å²) in [7, 11) is 0. The Labute approximate surface area is 317 Å². The molecule has 0 radical (unpaired) electrons. The van der Waals surface area contributed by atoms with Gasteiger partial charge in [-0.25, -0.2) is 4.98 Å². The van der Waals surface area contributed by atoms with Crippen LogP contribution in [-0.4, -0.2) is 16.5 Å². The van der Waals surface area contributed by atoms with Crippen molar-refractivity contribution in [3.8, 4) is 11.5 Å². The van der Waals surface area contributed by atoms with Gasteiger partial charge in [0.2, 0.25) is 0 Å². The molecule has 0 fully saturated rings. The van der Waals surface area contributed by atoms with Gasteiger partial charge in [-0.2, -0.15) is 6.07 Å². The minimum atomic E-state index is -0.561. The number of aromatic nitrogens is 1. The number of para-hydroxylation sites is 1. The maximum atomic E-state index is 6.89. The van der Waals surface area contributed by atoms with E-state index in [1.54, 1.807) is 0 Å². The van der Waals surface area contributed by atoms with E-state index in [4.69, 9.17) is 19.5 Å². The number of rotatable bonds is 4. The molecule has 0 spiro atoms. The first-order valence-electron chi connectivity index (χ1n) is 17.6. The van der Waals surface area contributed by atoms with Gasteiger partial charge in [0.15, 0.2) is 0 Å². The normalized spacial score (nSPS) is 22.1. The summed E-state index contributed by atoms with van der Waals surface area (Å²) in [6, 6.07) is 36.9. The van der Waals surface area contributed by atoms with Gasteiger partial charge in [-0.3, -0.25) is 4.99 Å². The minimum absolute atomic E-state index is 0. The monoisotopic (exact) mass is 854 g/mol. The average molecular weight is 855 g/mol. The second-order valence-electron chi connectivity index (χ2n) is 16.5. The molecule has 0 saturated heterocycles. The SMILES string of the molecule is Cc1cc(Oc2[c-]c3c(cc2)C(C)(C)c2ccccc2N3c2cc(C(C)(C)C)ccn2)[c-]c(C2=N[C@]3(C)c4ccccc4C(C)(C)[C@]3(C)O2)c1.[Pt+2]. The Morgan fingerprint density at radius 1 is 0.745 bits per heavy atom. The Hall–Kier alpha value is -4.21. The van der Waals surface area contributed by atoms with Crippen molar-refractivity contribution in [2.75, 3.05) is 4.90 Å². The molecule has 4 aromatic carbocycles. The average Bonchev–Trinajstić information content (AvgIpc) is 3.42. The number of nitrogens with zero attached hydrogens (tertiary/aromatic N) is 3. The van der Waals surface area contributed by atoms with Crippen LogP contribution < -0.4 is 9.64 Å². The third-order valence-corrected chi connectivity index (χ3v) is 11.8. The predicted octanol–water partition coefficient (Wildman–Crippen LogP) is 10.9. The zero-order valence-corrected chi connectivity index (χ0v) is 33.4. The van der Waals surface area contributed by atoms with E-state index in [9.17, 15) is 0 Å². The molecule has 0 amide bonds. The maximum absolute atomic E-state index is 6.89. The Bertz CT molecular complexity index is 2230. The third kappa shape index (κ3) is 5.13. The Morgan fingerprint density at radius 2 is 1.43 bits per heavy atom. The molecular formula is C45H45N3O2Pt. The summed E-state index contributed by atoms with van der Waals surface area (Å²) in [4.78, 5) is 12.4. The first kappa shape index (κ1) is 35.2. The molecular weight excluding hydrogens is 810 g/mol. The third-order valence-electron chi connectivity index (χ3n) is 11.8. The van der Waals surface area contributed by atoms with Crippen LogP contribution in [0.5, 0.6) is 11.5 Å². The Kier molecular flexibility index (Phi) is 8.04. The summed E-state index contributed by atoms with van der Waals surface area (Å²) in [5.74, 6) is 2.64. The Balaban J connectivity index is 0.00000406. The van der Waals surface area contributed by atoms with Crippen molar-refractivity contribution < 1.29 is 30.5 Å². The van der Waals surface area contributed by atoms with Gasteiger partial charge in [0.05, 0.1) is 0 Å². The van der Waals surface area contributed by atoms with Gasteiger partial charge in [-0.15, -0.1) is 29.3 Å². The van der Waals surface area contributed by atoms with E-state index in [1.807, 2.05) is 18.3 Å². The van der Waals surface area contributed by atoms with Gasteiger partial charge in [-0.1, -0.05) is 121 Å². The van der Waals surface area contributed by atoms with Crippen molar-refractivity contribution in [1.82, 2.24) is 4.98 Å². The standard InChI is InChI=1S/C45H45N3O2.Pt/c1-28-23-29(40-47-44(9)34-16-12-11-15-33(34)43(7,8)45(44,10)50-40)25-32(24-28)49-31-19-20-36-38(27-31)48(37-18-14-13-17-35(37)42(36,5)6)39-26-30(21-22-46-39)41(2,3)4;/h11-24,26H,1-10H3;/q-2;+2/t44-,45+;/m1./s1. The fourth-order valence-corrected chi connectivity index (χ4v) is 8.38. The van der Waals surface area contributed by atoms with Gasteiger partial charge in [0.25, 0.3) is 0 Å². The maximum Gasteiger partial charge on any atom is 2.00 e. The van der Waals surface area contributed by atoms with Gasteiger partial charge < -0.3 is 14.4 Å². The largest absolute Gasteiger partial charge is 2.00 e. The van der Waals surface area contributed by atoms with Gasteiger partial charge in [-0.05, 0) is 65.1 Å². The zero-order valence-electron chi connectivity index (χ0n) is 31.1. The number of hydrogen-bond acceptors (Lipinski definition) is 5. The minimum Gasteiger partial charge on any atom is -0.510 e. The topological polar surface area (TPSA) is 47.0 Å². The number of hydrogen-bond donors (Lipinski definition) is 0. The second kappa shape index (κ2) is 11.7. The van der Waals surface area contributed by atoms with Gasteiger partial charge in [0, 0.05) is 28.8 Å². The molecule has 2 atom stereocenters. The zero-order chi connectivity index (χ0) is 35.4. The van der Waals surface area contributed by atoms with Crippen molar-refractivity contribution in [2.45, 2.75) is 96.6 Å². The van der Waals surface area contributed by atoms with Crippen LogP contribution in [0.1, 0.15) is 101 Å². The number of aryl methyl sites for hydroxylation is 1. The molecule has 262 valence electrons. The van der Waals surface area contributed by atoms with Gasteiger partial charge >= 0.3 is 21.1 Å². The number of anilines is 3. The van der Waals surface area contributed by atoms with Crippen LogP contribution in [0.25, 0.3) is 0 Å². The first-order chi connectivity index (χ1) is 23.5. The summed E-state index contributed by atoms with van der Waals surface area (Å²) < 4.78 is 13.5. The number of aliphatic imine (C=N–C) groups is 1. The van der Waals surface area contributed by atoms with Crippen molar-refractivity contribution in [1.29, 1.82) is 0 Å². The molecule has 5 nitrogen and oxygen atoms in total. The van der Waals surface area contributed by atoms with E-state index in [-0.39, 0.29) is 37.3 Å². The van der Waals surface area contributed by atoms with E-state index in [0.717, 1.165) is 33.9 Å². The quantitative estimate of drug-likeness (QED) is 0.169. The number of pyridine rings is 1. The molecule has 3 heterocycles. The molecule has 8 rings (SSSR count). The molecule has 51 heavy (non-hydrogen) atoms. The van der Waals surface area contributed by atoms with E-state index in [1.165, 1.54) is 22.3 Å². The fourth-order valence-electron chi connectivity index (χ4n) is 8.38. The van der Waals surface area contributed by atoms with E-state index >= 15 is 0 Å². The van der Waals surface area contributed by atoms with Crippen molar-refractivity contribution in [3.63, 3.8) is 0 Å². The van der Waals surface area contributed by atoms with E-state index in [0.29, 0.717) is 17.4 Å². The first-order valence-corrected chi connectivity index (χ1v) is 17.6. The summed E-state index contributed by atoms with van der Waals surface area (Å²) in [6.45, 7) is 22.2. The summed E-state index contributed by atoms with van der Waals surface area (Å²) >= 11 is 0. The predicted molar refractivity (Wildman–Crippen MR) is 202 cm³/mol. The van der Waals surface area contributed by atoms with Crippen molar-refractivity contribution in [2.24, 2.45) is 4.99 Å². The van der Waals surface area contributed by atoms with Crippen molar-refractivity contribution >= 4 is 23.1 Å². The van der Waals surface area contributed by atoms with Crippen molar-refractivity contribution in [3.05, 3.63) is 142 Å². The smallest absolute Gasteiger partial charge is 0.510 e. The molecule has 0 N–H and O–H groups in total. The Morgan fingerprint density at radius 3 is 2.16 bits per heavy atom. The van der Waals surface area contributed by atoms with E-state index < -0.39 is 11.1 Å². The molecule has 3 aliphatic rings. The second-order valence-corrected chi connectivity index (χ2v) is 16.5. The summed E-state index contributed by atoms with van der Waals surface area (Å²) in [5, 5.41) is 0. The molecule has 1 aromatic heterocycles.